The lowest BCUT2D eigenvalue weighted by atomic mass is 10.1. The van der Waals surface area contributed by atoms with Crippen LogP contribution in [0, 0.1) is 5.92 Å². The van der Waals surface area contributed by atoms with Gasteiger partial charge in [0.1, 0.15) is 0 Å². The summed E-state index contributed by atoms with van der Waals surface area (Å²) in [4.78, 5) is 2.17. The molecule has 0 bridgehead atoms. The molecule has 1 fully saturated rings. The predicted molar refractivity (Wildman–Crippen MR) is 31.6 cm³/mol. The standard InChI is InChI=1S/C6H12FN/c1-8-3-2-6(4-7)5-8/h6H,2-5H2,1H3/t6-/m1/s1. The van der Waals surface area contributed by atoms with Crippen molar-refractivity contribution in [1.82, 2.24) is 4.90 Å². The van der Waals surface area contributed by atoms with Crippen molar-refractivity contribution in [2.24, 2.45) is 5.92 Å². The van der Waals surface area contributed by atoms with Crippen molar-refractivity contribution in [3.05, 3.63) is 0 Å². The summed E-state index contributed by atoms with van der Waals surface area (Å²) in [6.07, 6.45) is 1.05. The van der Waals surface area contributed by atoms with Crippen LogP contribution in [-0.4, -0.2) is 31.7 Å². The lowest BCUT2D eigenvalue weighted by Gasteiger charge is -2.04. The minimum Gasteiger partial charge on any atom is -0.306 e. The molecule has 1 nitrogen and oxygen atoms in total. The van der Waals surface area contributed by atoms with Crippen LogP contribution in [0.4, 0.5) is 4.39 Å². The van der Waals surface area contributed by atoms with Crippen LogP contribution in [0.25, 0.3) is 0 Å². The number of likely N-dealkylation sites (tertiary alicyclic amines) is 1. The Hall–Kier alpha value is -0.110. The summed E-state index contributed by atoms with van der Waals surface area (Å²) in [6, 6.07) is 0. The minimum absolute atomic E-state index is 0.135. The van der Waals surface area contributed by atoms with Crippen LogP contribution in [-0.2, 0) is 0 Å². The first kappa shape index (κ1) is 6.02. The van der Waals surface area contributed by atoms with E-state index >= 15 is 0 Å². The van der Waals surface area contributed by atoms with Gasteiger partial charge < -0.3 is 4.90 Å². The fourth-order valence-electron chi connectivity index (χ4n) is 1.15. The highest BCUT2D eigenvalue weighted by Crippen LogP contribution is 2.13. The molecule has 0 spiro atoms. The van der Waals surface area contributed by atoms with Gasteiger partial charge >= 0.3 is 0 Å². The Balaban J connectivity index is 2.22. The maximum absolute atomic E-state index is 11.8. The van der Waals surface area contributed by atoms with Crippen LogP contribution in [0.5, 0.6) is 0 Å². The number of rotatable bonds is 1. The van der Waals surface area contributed by atoms with Crippen LogP contribution in [0.2, 0.25) is 0 Å². The summed E-state index contributed by atoms with van der Waals surface area (Å²) in [7, 11) is 2.04. The van der Waals surface area contributed by atoms with Gasteiger partial charge in [-0.15, -0.1) is 0 Å². The Morgan fingerprint density at radius 1 is 1.75 bits per heavy atom. The number of alkyl halides is 1. The number of hydrogen-bond acceptors (Lipinski definition) is 1. The van der Waals surface area contributed by atoms with Gasteiger partial charge in [0.15, 0.2) is 0 Å². The molecule has 0 aromatic heterocycles. The fraction of sp³-hybridized carbons (Fsp3) is 1.00. The van der Waals surface area contributed by atoms with E-state index in [0.717, 1.165) is 19.5 Å². The summed E-state index contributed by atoms with van der Waals surface area (Å²) >= 11 is 0. The monoisotopic (exact) mass is 117 g/mol. The van der Waals surface area contributed by atoms with E-state index in [2.05, 4.69) is 4.90 Å². The topological polar surface area (TPSA) is 3.24 Å². The second-order valence-corrected chi connectivity index (χ2v) is 2.57. The highest BCUT2D eigenvalue weighted by molar-refractivity contribution is 4.71. The molecule has 0 amide bonds. The molecule has 1 atom stereocenters. The first-order valence-electron chi connectivity index (χ1n) is 3.07. The third kappa shape index (κ3) is 1.19. The average molecular weight is 117 g/mol. The molecule has 0 unspecified atom stereocenters. The molecule has 1 aliphatic rings. The Bertz CT molecular complexity index is 74.9. The molecule has 1 aliphatic heterocycles. The van der Waals surface area contributed by atoms with Gasteiger partial charge in [-0.05, 0) is 20.0 Å². The fourth-order valence-corrected chi connectivity index (χ4v) is 1.15. The molecule has 2 heteroatoms. The van der Waals surface area contributed by atoms with Gasteiger partial charge in [0.25, 0.3) is 0 Å². The third-order valence-electron chi connectivity index (χ3n) is 1.71. The summed E-state index contributed by atoms with van der Waals surface area (Å²) in [5, 5.41) is 0. The number of halogens is 1. The van der Waals surface area contributed by atoms with Crippen LogP contribution < -0.4 is 0 Å². The lowest BCUT2D eigenvalue weighted by Crippen LogP contribution is -2.14. The molecule has 8 heavy (non-hydrogen) atoms. The smallest absolute Gasteiger partial charge is 0.0935 e. The van der Waals surface area contributed by atoms with E-state index in [1.807, 2.05) is 7.05 Å². The molecule has 0 radical (unpaired) electrons. The van der Waals surface area contributed by atoms with Crippen molar-refractivity contribution >= 4 is 0 Å². The summed E-state index contributed by atoms with van der Waals surface area (Å²) in [5.41, 5.74) is 0. The maximum Gasteiger partial charge on any atom is 0.0935 e. The Labute approximate surface area is 49.5 Å². The normalized spacial score (nSPS) is 31.5. The van der Waals surface area contributed by atoms with Crippen molar-refractivity contribution < 1.29 is 4.39 Å². The second kappa shape index (κ2) is 2.44. The molecule has 0 aromatic carbocycles. The highest BCUT2D eigenvalue weighted by atomic mass is 19.1. The van der Waals surface area contributed by atoms with E-state index in [4.69, 9.17) is 0 Å². The second-order valence-electron chi connectivity index (χ2n) is 2.57. The zero-order valence-corrected chi connectivity index (χ0v) is 5.23. The molecule has 48 valence electrons. The Morgan fingerprint density at radius 2 is 2.50 bits per heavy atom. The molecular formula is C6H12FN. The minimum atomic E-state index is -0.135. The average Bonchev–Trinajstić information content (AvgIpc) is 2.14. The van der Waals surface area contributed by atoms with Crippen molar-refractivity contribution in [2.75, 3.05) is 26.8 Å². The molecule has 0 aromatic rings. The van der Waals surface area contributed by atoms with Crippen LogP contribution in [0.1, 0.15) is 6.42 Å². The maximum atomic E-state index is 11.8. The van der Waals surface area contributed by atoms with Crippen molar-refractivity contribution in [3.8, 4) is 0 Å². The van der Waals surface area contributed by atoms with Crippen molar-refractivity contribution in [1.29, 1.82) is 0 Å². The molecule has 0 aliphatic carbocycles. The summed E-state index contributed by atoms with van der Waals surface area (Å²) in [5.74, 6) is 0.333. The van der Waals surface area contributed by atoms with E-state index in [-0.39, 0.29) is 6.67 Å². The first-order valence-corrected chi connectivity index (χ1v) is 3.07. The molecular weight excluding hydrogens is 105 g/mol. The van der Waals surface area contributed by atoms with E-state index in [1.165, 1.54) is 0 Å². The Kier molecular flexibility index (Phi) is 1.84. The van der Waals surface area contributed by atoms with Gasteiger partial charge in [-0.2, -0.15) is 0 Å². The quantitative estimate of drug-likeness (QED) is 0.493. The zero-order chi connectivity index (χ0) is 5.98. The van der Waals surface area contributed by atoms with Crippen LogP contribution >= 0.6 is 0 Å². The Morgan fingerprint density at radius 3 is 2.75 bits per heavy atom. The van der Waals surface area contributed by atoms with E-state index in [0.29, 0.717) is 5.92 Å². The molecule has 1 rings (SSSR count). The lowest BCUT2D eigenvalue weighted by molar-refractivity contribution is 0.342. The SMILES string of the molecule is CN1CC[C@H](CF)C1. The van der Waals surface area contributed by atoms with E-state index < -0.39 is 0 Å². The summed E-state index contributed by atoms with van der Waals surface area (Å²) < 4.78 is 11.8. The highest BCUT2D eigenvalue weighted by Gasteiger charge is 2.18. The third-order valence-corrected chi connectivity index (χ3v) is 1.71. The van der Waals surface area contributed by atoms with Gasteiger partial charge in [0, 0.05) is 12.5 Å². The molecule has 0 saturated carbocycles. The molecule has 1 heterocycles. The predicted octanol–water partition coefficient (Wildman–Crippen LogP) is 0.908. The molecule has 0 N–H and O–H groups in total. The van der Waals surface area contributed by atoms with Gasteiger partial charge in [-0.1, -0.05) is 0 Å². The van der Waals surface area contributed by atoms with Crippen molar-refractivity contribution in [3.63, 3.8) is 0 Å². The first-order chi connectivity index (χ1) is 3.83. The van der Waals surface area contributed by atoms with Gasteiger partial charge in [0.05, 0.1) is 6.67 Å². The van der Waals surface area contributed by atoms with E-state index in [9.17, 15) is 4.39 Å². The number of nitrogens with zero attached hydrogens (tertiary/aromatic N) is 1. The van der Waals surface area contributed by atoms with Crippen molar-refractivity contribution in [2.45, 2.75) is 6.42 Å². The summed E-state index contributed by atoms with van der Waals surface area (Å²) in [6.45, 7) is 1.90. The molecule has 1 saturated heterocycles. The van der Waals surface area contributed by atoms with E-state index in [1.54, 1.807) is 0 Å². The van der Waals surface area contributed by atoms with Gasteiger partial charge in [0.2, 0.25) is 0 Å². The van der Waals surface area contributed by atoms with Gasteiger partial charge in [-0.3, -0.25) is 4.39 Å². The van der Waals surface area contributed by atoms with Crippen LogP contribution in [0.3, 0.4) is 0 Å². The number of hydrogen-bond donors (Lipinski definition) is 0. The van der Waals surface area contributed by atoms with Crippen LogP contribution in [0.15, 0.2) is 0 Å². The largest absolute Gasteiger partial charge is 0.306 e. The van der Waals surface area contributed by atoms with Gasteiger partial charge in [-0.25, -0.2) is 0 Å². The zero-order valence-electron chi connectivity index (χ0n) is 5.23.